The Balaban J connectivity index is 1.69. The summed E-state index contributed by atoms with van der Waals surface area (Å²) in [6, 6.07) is 17.8. The van der Waals surface area contributed by atoms with Crippen molar-refractivity contribution in [2.24, 2.45) is 5.92 Å². The summed E-state index contributed by atoms with van der Waals surface area (Å²) < 4.78 is 6.80. The van der Waals surface area contributed by atoms with Crippen LogP contribution in [-0.4, -0.2) is 25.1 Å². The van der Waals surface area contributed by atoms with Crippen LogP contribution in [0.3, 0.4) is 0 Å². The summed E-state index contributed by atoms with van der Waals surface area (Å²) in [5.41, 5.74) is 5.47. The third-order valence-electron chi connectivity index (χ3n) is 6.45. The van der Waals surface area contributed by atoms with E-state index in [1.165, 1.54) is 41.5 Å². The van der Waals surface area contributed by atoms with Crippen molar-refractivity contribution in [2.75, 3.05) is 20.2 Å². The number of likely N-dealkylation sites (N-methyl/N-ethyl adjacent to an activating group) is 1. The van der Waals surface area contributed by atoms with Crippen molar-refractivity contribution < 1.29 is 4.74 Å². The number of benzene rings is 2. The normalized spacial score (nSPS) is 22.5. The highest BCUT2D eigenvalue weighted by Gasteiger charge is 2.41. The van der Waals surface area contributed by atoms with E-state index in [0.29, 0.717) is 5.92 Å². The van der Waals surface area contributed by atoms with Gasteiger partial charge in [0.2, 0.25) is 0 Å². The molecule has 0 bridgehead atoms. The number of nitrogens with zero attached hydrogens (tertiary/aromatic N) is 1. The summed E-state index contributed by atoms with van der Waals surface area (Å²) >= 11 is 0. The highest BCUT2D eigenvalue weighted by Crippen LogP contribution is 2.46. The highest BCUT2D eigenvalue weighted by molar-refractivity contribution is 5.34. The molecule has 1 aliphatic carbocycles. The summed E-state index contributed by atoms with van der Waals surface area (Å²) in [6.45, 7) is 9.52. The predicted octanol–water partition coefficient (Wildman–Crippen LogP) is 6.11. The molecule has 0 saturated heterocycles. The van der Waals surface area contributed by atoms with Crippen molar-refractivity contribution in [3.05, 3.63) is 70.8 Å². The van der Waals surface area contributed by atoms with E-state index in [0.717, 1.165) is 32.5 Å². The first-order valence-corrected chi connectivity index (χ1v) is 11.0. The number of ether oxygens (including phenoxy) is 1. The van der Waals surface area contributed by atoms with Crippen LogP contribution >= 0.6 is 0 Å². The molecule has 1 fully saturated rings. The van der Waals surface area contributed by atoms with E-state index in [1.807, 2.05) is 0 Å². The van der Waals surface area contributed by atoms with Gasteiger partial charge in [0.05, 0.1) is 12.2 Å². The maximum Gasteiger partial charge on any atom is 0.0959 e. The molecule has 3 rings (SSSR count). The first kappa shape index (κ1) is 21.1. The average molecular weight is 380 g/mol. The fourth-order valence-electron chi connectivity index (χ4n) is 4.84. The molecule has 152 valence electrons. The molecule has 0 aliphatic heterocycles. The molecule has 28 heavy (non-hydrogen) atoms. The molecule has 0 spiro atoms. The van der Waals surface area contributed by atoms with Crippen LogP contribution in [0.25, 0.3) is 0 Å². The minimum atomic E-state index is -0.116. The molecule has 0 radical (unpaired) electrons. The third-order valence-corrected chi connectivity index (χ3v) is 6.45. The van der Waals surface area contributed by atoms with E-state index in [2.05, 4.69) is 81.2 Å². The second kappa shape index (κ2) is 9.71. The van der Waals surface area contributed by atoms with Crippen molar-refractivity contribution in [1.29, 1.82) is 0 Å². The Morgan fingerprint density at radius 3 is 2.68 bits per heavy atom. The molecule has 2 aromatic rings. The first-order valence-electron chi connectivity index (χ1n) is 11.0. The molecule has 1 aliphatic rings. The Bertz CT molecular complexity index is 756. The van der Waals surface area contributed by atoms with E-state index < -0.39 is 0 Å². The molecule has 2 atom stereocenters. The van der Waals surface area contributed by atoms with Gasteiger partial charge in [0.15, 0.2) is 0 Å². The molecule has 0 N–H and O–H groups in total. The molecule has 1 saturated carbocycles. The summed E-state index contributed by atoms with van der Waals surface area (Å²) in [5, 5.41) is 0. The van der Waals surface area contributed by atoms with Gasteiger partial charge in [-0.2, -0.15) is 0 Å². The zero-order chi connectivity index (χ0) is 20.0. The van der Waals surface area contributed by atoms with Crippen molar-refractivity contribution in [3.8, 4) is 0 Å². The van der Waals surface area contributed by atoms with Gasteiger partial charge in [0.25, 0.3) is 0 Å². The molecule has 0 amide bonds. The maximum absolute atomic E-state index is 6.80. The van der Waals surface area contributed by atoms with Crippen LogP contribution in [0.5, 0.6) is 0 Å². The molecular formula is C26H37NO. The van der Waals surface area contributed by atoms with Gasteiger partial charge >= 0.3 is 0 Å². The van der Waals surface area contributed by atoms with Gasteiger partial charge in [-0.1, -0.05) is 80.8 Å². The lowest BCUT2D eigenvalue weighted by molar-refractivity contribution is -0.114. The summed E-state index contributed by atoms with van der Waals surface area (Å²) in [6.07, 6.45) is 6.07. The lowest BCUT2D eigenvalue weighted by atomic mass is 9.70. The first-order chi connectivity index (χ1) is 13.5. The van der Waals surface area contributed by atoms with Crippen LogP contribution in [0.15, 0.2) is 48.5 Å². The number of hydrogen-bond donors (Lipinski definition) is 0. The average Bonchev–Trinajstić information content (AvgIpc) is 2.69. The third kappa shape index (κ3) is 4.85. The molecule has 2 aromatic carbocycles. The maximum atomic E-state index is 6.80. The summed E-state index contributed by atoms with van der Waals surface area (Å²) in [7, 11) is 2.20. The van der Waals surface area contributed by atoms with Crippen molar-refractivity contribution in [3.63, 3.8) is 0 Å². The topological polar surface area (TPSA) is 12.5 Å². The Labute approximate surface area is 171 Å². The van der Waals surface area contributed by atoms with Gasteiger partial charge in [0.1, 0.15) is 0 Å². The smallest absolute Gasteiger partial charge is 0.0959 e. The van der Waals surface area contributed by atoms with Gasteiger partial charge < -0.3 is 4.74 Å². The van der Waals surface area contributed by atoms with Crippen molar-refractivity contribution in [1.82, 2.24) is 4.90 Å². The lowest BCUT2D eigenvalue weighted by Gasteiger charge is -2.44. The van der Waals surface area contributed by atoms with E-state index in [9.17, 15) is 0 Å². The van der Waals surface area contributed by atoms with E-state index in [1.54, 1.807) is 0 Å². The second-order valence-corrected chi connectivity index (χ2v) is 8.62. The van der Waals surface area contributed by atoms with Crippen molar-refractivity contribution in [2.45, 2.75) is 65.0 Å². The van der Waals surface area contributed by atoms with Crippen LogP contribution < -0.4 is 0 Å². The van der Waals surface area contributed by atoms with E-state index in [4.69, 9.17) is 4.74 Å². The zero-order valence-electron chi connectivity index (χ0n) is 18.2. The van der Waals surface area contributed by atoms with Crippen LogP contribution in [0.4, 0.5) is 0 Å². The number of rotatable bonds is 8. The predicted molar refractivity (Wildman–Crippen MR) is 119 cm³/mol. The fourth-order valence-corrected chi connectivity index (χ4v) is 4.84. The Morgan fingerprint density at radius 2 is 1.93 bits per heavy atom. The molecule has 2 heteroatoms. The van der Waals surface area contributed by atoms with Gasteiger partial charge in [-0.05, 0) is 55.8 Å². The Morgan fingerprint density at radius 1 is 1.11 bits per heavy atom. The van der Waals surface area contributed by atoms with Crippen LogP contribution in [0, 0.1) is 12.8 Å². The minimum Gasteiger partial charge on any atom is -0.369 e. The molecule has 0 aromatic heterocycles. The SMILES string of the molecule is CCc1ccccc1C1(OCCN(C)Cc2cccc(C)c2)CCCCC1C. The Kier molecular flexibility index (Phi) is 7.31. The van der Waals surface area contributed by atoms with Gasteiger partial charge in [0, 0.05) is 13.1 Å². The second-order valence-electron chi connectivity index (χ2n) is 8.62. The molecule has 0 heterocycles. The minimum absolute atomic E-state index is 0.116. The monoisotopic (exact) mass is 379 g/mol. The van der Waals surface area contributed by atoms with Crippen LogP contribution in [0.2, 0.25) is 0 Å². The zero-order valence-corrected chi connectivity index (χ0v) is 18.2. The quantitative estimate of drug-likeness (QED) is 0.548. The standard InChI is InChI=1S/C26H37NO/c1-5-24-14-6-7-15-25(24)26(16-9-8-12-22(26)3)28-18-17-27(4)20-23-13-10-11-21(2)19-23/h6-7,10-11,13-15,19,22H,5,8-9,12,16-18,20H2,1-4H3. The number of aryl methyl sites for hydroxylation is 2. The summed E-state index contributed by atoms with van der Waals surface area (Å²) in [5.74, 6) is 0.566. The van der Waals surface area contributed by atoms with Gasteiger partial charge in [-0.15, -0.1) is 0 Å². The Hall–Kier alpha value is -1.64. The molecule has 2 unspecified atom stereocenters. The van der Waals surface area contributed by atoms with Crippen LogP contribution in [-0.2, 0) is 23.3 Å². The van der Waals surface area contributed by atoms with E-state index >= 15 is 0 Å². The fraction of sp³-hybridized carbons (Fsp3) is 0.538. The summed E-state index contributed by atoms with van der Waals surface area (Å²) in [4.78, 5) is 2.38. The van der Waals surface area contributed by atoms with E-state index in [-0.39, 0.29) is 5.60 Å². The molecular weight excluding hydrogens is 342 g/mol. The lowest BCUT2D eigenvalue weighted by Crippen LogP contribution is -2.41. The number of hydrogen-bond acceptors (Lipinski definition) is 2. The van der Waals surface area contributed by atoms with Gasteiger partial charge in [-0.25, -0.2) is 0 Å². The van der Waals surface area contributed by atoms with Gasteiger partial charge in [-0.3, -0.25) is 4.90 Å². The van der Waals surface area contributed by atoms with Crippen molar-refractivity contribution >= 4 is 0 Å². The highest BCUT2D eigenvalue weighted by atomic mass is 16.5. The largest absolute Gasteiger partial charge is 0.369 e. The molecule has 2 nitrogen and oxygen atoms in total. The van der Waals surface area contributed by atoms with Crippen LogP contribution in [0.1, 0.15) is 61.8 Å².